The van der Waals surface area contributed by atoms with Crippen molar-refractivity contribution in [3.63, 3.8) is 0 Å². The number of aromatic nitrogens is 2. The first kappa shape index (κ1) is 33.5. The van der Waals surface area contributed by atoms with Crippen LogP contribution in [0.4, 0.5) is 0 Å². The number of guanidine groups is 1. The second-order valence-electron chi connectivity index (χ2n) is 10.4. The number of carbonyl (C=O) groups excluding carboxylic acids is 3. The Labute approximate surface area is 243 Å². The fraction of sp³-hybridized carbons (Fsp3) is 0.481. The molecule has 0 spiro atoms. The number of amides is 3. The zero-order chi connectivity index (χ0) is 31.2. The van der Waals surface area contributed by atoms with Crippen molar-refractivity contribution in [3.8, 4) is 5.75 Å². The lowest BCUT2D eigenvalue weighted by Crippen LogP contribution is -2.57. The van der Waals surface area contributed by atoms with Gasteiger partial charge in [-0.2, -0.15) is 0 Å². The molecule has 15 heteroatoms. The number of hydrogen-bond acceptors (Lipinski definition) is 8. The van der Waals surface area contributed by atoms with Crippen LogP contribution in [0.2, 0.25) is 0 Å². The molecule has 3 amide bonds. The molecule has 4 atom stereocenters. The molecule has 15 nitrogen and oxygen atoms in total. The number of rotatable bonds is 17. The summed E-state index contributed by atoms with van der Waals surface area (Å²) in [5.74, 6) is -3.34. The first-order chi connectivity index (χ1) is 19.8. The molecule has 2 aromatic rings. The summed E-state index contributed by atoms with van der Waals surface area (Å²) in [7, 11) is 0. The highest BCUT2D eigenvalue weighted by atomic mass is 16.4. The lowest BCUT2D eigenvalue weighted by atomic mass is 10.0. The summed E-state index contributed by atoms with van der Waals surface area (Å²) in [5.41, 5.74) is 18.0. The average Bonchev–Trinajstić information content (AvgIpc) is 3.43. The summed E-state index contributed by atoms with van der Waals surface area (Å²) < 4.78 is 0. The Morgan fingerprint density at radius 1 is 0.952 bits per heavy atom. The van der Waals surface area contributed by atoms with E-state index < -0.39 is 47.9 Å². The maximum Gasteiger partial charge on any atom is 0.326 e. The van der Waals surface area contributed by atoms with Gasteiger partial charge in [-0.15, -0.1) is 0 Å². The van der Waals surface area contributed by atoms with E-state index in [2.05, 4.69) is 30.9 Å². The lowest BCUT2D eigenvalue weighted by Gasteiger charge is -2.25. The van der Waals surface area contributed by atoms with Crippen LogP contribution in [0.15, 0.2) is 41.8 Å². The Morgan fingerprint density at radius 2 is 1.57 bits per heavy atom. The van der Waals surface area contributed by atoms with Gasteiger partial charge in [-0.25, -0.2) is 9.78 Å². The topological polar surface area (TPSA) is 264 Å². The van der Waals surface area contributed by atoms with Crippen LogP contribution < -0.4 is 33.2 Å². The van der Waals surface area contributed by atoms with E-state index in [0.717, 1.165) is 0 Å². The van der Waals surface area contributed by atoms with Crippen molar-refractivity contribution in [2.45, 2.75) is 70.1 Å². The molecule has 42 heavy (non-hydrogen) atoms. The molecule has 0 fully saturated rings. The number of benzene rings is 1. The summed E-state index contributed by atoms with van der Waals surface area (Å²) in [6.07, 6.45) is 3.73. The monoisotopic (exact) mass is 587 g/mol. The van der Waals surface area contributed by atoms with E-state index in [0.29, 0.717) is 17.7 Å². The van der Waals surface area contributed by atoms with E-state index >= 15 is 0 Å². The maximum atomic E-state index is 13.5. The number of carbonyl (C=O) groups is 4. The van der Waals surface area contributed by atoms with Crippen molar-refractivity contribution >= 4 is 29.7 Å². The Bertz CT molecular complexity index is 1200. The van der Waals surface area contributed by atoms with E-state index in [1.165, 1.54) is 24.7 Å². The van der Waals surface area contributed by atoms with Crippen molar-refractivity contribution in [2.24, 2.45) is 28.1 Å². The highest BCUT2D eigenvalue weighted by Gasteiger charge is 2.31. The Hall–Kier alpha value is -4.66. The van der Waals surface area contributed by atoms with Crippen LogP contribution in [-0.2, 0) is 32.0 Å². The zero-order valence-electron chi connectivity index (χ0n) is 23.7. The van der Waals surface area contributed by atoms with E-state index in [4.69, 9.17) is 17.2 Å². The smallest absolute Gasteiger partial charge is 0.326 e. The second-order valence-corrected chi connectivity index (χ2v) is 10.4. The number of carboxylic acids is 1. The van der Waals surface area contributed by atoms with Gasteiger partial charge < -0.3 is 48.3 Å². The van der Waals surface area contributed by atoms with Gasteiger partial charge in [0.05, 0.1) is 12.4 Å². The summed E-state index contributed by atoms with van der Waals surface area (Å²) in [5, 5.41) is 27.1. The van der Waals surface area contributed by atoms with Gasteiger partial charge >= 0.3 is 5.97 Å². The molecule has 230 valence electrons. The van der Waals surface area contributed by atoms with Gasteiger partial charge in [-0.05, 0) is 42.9 Å². The number of nitrogens with zero attached hydrogens (tertiary/aromatic N) is 2. The number of phenols is 1. The highest BCUT2D eigenvalue weighted by molar-refractivity contribution is 5.94. The largest absolute Gasteiger partial charge is 0.508 e. The van der Waals surface area contributed by atoms with Crippen LogP contribution in [0, 0.1) is 5.92 Å². The van der Waals surface area contributed by atoms with Crippen molar-refractivity contribution in [2.75, 3.05) is 6.54 Å². The van der Waals surface area contributed by atoms with Gasteiger partial charge in [0.1, 0.15) is 23.9 Å². The number of aliphatic carboxylic acids is 1. The van der Waals surface area contributed by atoms with Crippen molar-refractivity contribution in [3.05, 3.63) is 48.0 Å². The van der Waals surface area contributed by atoms with Crippen LogP contribution in [0.5, 0.6) is 5.75 Å². The number of imidazole rings is 1. The fourth-order valence-electron chi connectivity index (χ4n) is 4.09. The molecule has 4 unspecified atom stereocenters. The third-order valence-corrected chi connectivity index (χ3v) is 6.24. The number of phenolic OH excluding ortho intramolecular Hbond substituents is 1. The normalized spacial score (nSPS) is 13.8. The van der Waals surface area contributed by atoms with Gasteiger partial charge in [-0.1, -0.05) is 26.0 Å². The number of H-pyrrole nitrogens is 1. The number of hydrogen-bond donors (Lipinski definition) is 9. The molecule has 12 N–H and O–H groups in total. The Kier molecular flexibility index (Phi) is 13.2. The molecule has 0 aliphatic heterocycles. The first-order valence-electron chi connectivity index (χ1n) is 13.6. The number of aliphatic imine (C=N–C) groups is 1. The molecule has 0 saturated heterocycles. The second kappa shape index (κ2) is 16.6. The number of aromatic amines is 1. The predicted molar refractivity (Wildman–Crippen MR) is 155 cm³/mol. The fourth-order valence-corrected chi connectivity index (χ4v) is 4.09. The van der Waals surface area contributed by atoms with Crippen LogP contribution >= 0.6 is 0 Å². The van der Waals surface area contributed by atoms with Crippen LogP contribution in [-0.4, -0.2) is 80.5 Å². The molecule has 0 aliphatic carbocycles. The summed E-state index contributed by atoms with van der Waals surface area (Å²) in [6, 6.07) is 1.53. The average molecular weight is 588 g/mol. The minimum atomic E-state index is -1.21. The van der Waals surface area contributed by atoms with Crippen LogP contribution in [0.25, 0.3) is 0 Å². The zero-order valence-corrected chi connectivity index (χ0v) is 23.7. The summed E-state index contributed by atoms with van der Waals surface area (Å²) in [4.78, 5) is 62.2. The number of aromatic hydroxyl groups is 1. The molecule has 1 aromatic carbocycles. The van der Waals surface area contributed by atoms with Gasteiger partial charge in [0.2, 0.25) is 17.7 Å². The molecule has 2 rings (SSSR count). The standard InChI is InChI=1S/C27H41N9O6/c1-15(2)10-22(26(41)42)36-25(40)21(11-16-5-7-18(37)8-6-16)35-24(39)20(4-3-9-32-27(29)30)34-23(38)19(28)12-17-13-31-14-33-17/h5-8,13-15,19-22,37H,3-4,9-12,28H2,1-2H3,(H,31,33)(H,34,38)(H,35,39)(H,36,40)(H,41,42)(H4,29,30,32). The van der Waals surface area contributed by atoms with E-state index in [9.17, 15) is 29.4 Å². The minimum Gasteiger partial charge on any atom is -0.508 e. The van der Waals surface area contributed by atoms with E-state index in [1.807, 2.05) is 13.8 Å². The Balaban J connectivity index is 2.25. The summed E-state index contributed by atoms with van der Waals surface area (Å²) >= 11 is 0. The Morgan fingerprint density at radius 3 is 2.14 bits per heavy atom. The highest BCUT2D eigenvalue weighted by Crippen LogP contribution is 2.13. The van der Waals surface area contributed by atoms with E-state index in [1.54, 1.807) is 12.1 Å². The van der Waals surface area contributed by atoms with Crippen molar-refractivity contribution < 1.29 is 29.4 Å². The summed E-state index contributed by atoms with van der Waals surface area (Å²) in [6.45, 7) is 3.84. The van der Waals surface area contributed by atoms with Gasteiger partial charge in [-0.3, -0.25) is 19.4 Å². The SMILES string of the molecule is CC(C)CC(NC(=O)C(Cc1ccc(O)cc1)NC(=O)C(CCCN=C(N)N)NC(=O)C(N)Cc1cnc[nH]1)C(=O)O. The van der Waals surface area contributed by atoms with Crippen LogP contribution in [0.3, 0.4) is 0 Å². The molecule has 0 aliphatic rings. The van der Waals surface area contributed by atoms with Crippen molar-refractivity contribution in [1.29, 1.82) is 0 Å². The molecule has 0 radical (unpaired) electrons. The third kappa shape index (κ3) is 11.8. The lowest BCUT2D eigenvalue weighted by molar-refractivity contribution is -0.142. The minimum absolute atomic E-state index is 0.0140. The van der Waals surface area contributed by atoms with Crippen LogP contribution in [0.1, 0.15) is 44.4 Å². The maximum absolute atomic E-state index is 13.5. The molecule has 1 aromatic heterocycles. The van der Waals surface area contributed by atoms with Gasteiger partial charge in [0, 0.05) is 31.3 Å². The number of nitrogens with one attached hydrogen (secondary N) is 4. The molecular formula is C27H41N9O6. The quantitative estimate of drug-likeness (QED) is 0.0610. The van der Waals surface area contributed by atoms with E-state index in [-0.39, 0.29) is 49.9 Å². The molecular weight excluding hydrogens is 546 g/mol. The van der Waals surface area contributed by atoms with Gasteiger partial charge in [0.25, 0.3) is 0 Å². The van der Waals surface area contributed by atoms with Crippen molar-refractivity contribution in [1.82, 2.24) is 25.9 Å². The molecule has 0 bridgehead atoms. The molecule has 1 heterocycles. The number of carboxylic acid groups (broad SMARTS) is 1. The number of nitrogens with two attached hydrogens (primary N) is 3. The first-order valence-corrected chi connectivity index (χ1v) is 13.6. The van der Waals surface area contributed by atoms with Gasteiger partial charge in [0.15, 0.2) is 5.96 Å². The molecule has 0 saturated carbocycles. The third-order valence-electron chi connectivity index (χ3n) is 6.24. The predicted octanol–water partition coefficient (Wildman–Crippen LogP) is -1.13.